The molecule has 0 unspecified atom stereocenters. The maximum Gasteiger partial charge on any atom is 0.0847 e. The lowest BCUT2D eigenvalue weighted by Gasteiger charge is -1.92. The van der Waals surface area contributed by atoms with Crippen LogP contribution >= 0.6 is 43.2 Å². The van der Waals surface area contributed by atoms with Gasteiger partial charge in [0.05, 0.1) is 14.4 Å². The summed E-state index contributed by atoms with van der Waals surface area (Å²) in [6.45, 7) is 0. The molecule has 1 nitrogen and oxygen atoms in total. The van der Waals surface area contributed by atoms with E-state index in [4.69, 9.17) is 0 Å². The van der Waals surface area contributed by atoms with E-state index >= 15 is 0 Å². The molecule has 0 saturated carbocycles. The van der Waals surface area contributed by atoms with Gasteiger partial charge in [-0.2, -0.15) is 0 Å². The molecule has 0 aliphatic rings. The molecular formula is C9H5Br2NS. The third-order valence-electron chi connectivity index (χ3n) is 1.56. The number of nitrogens with zero attached hydrogens (tertiary/aromatic N) is 1. The number of rotatable bonds is 1. The molecule has 0 spiro atoms. The summed E-state index contributed by atoms with van der Waals surface area (Å²) in [6.07, 6.45) is 1.80. The number of hydrogen-bond acceptors (Lipinski definition) is 2. The second kappa shape index (κ2) is 3.90. The van der Waals surface area contributed by atoms with Gasteiger partial charge in [-0.05, 0) is 50.1 Å². The lowest BCUT2D eigenvalue weighted by molar-refractivity contribution is 1.34. The lowest BCUT2D eigenvalue weighted by atomic mass is 10.3. The Hall–Kier alpha value is -0.190. The van der Waals surface area contributed by atoms with Crippen molar-refractivity contribution in [3.05, 3.63) is 38.7 Å². The fourth-order valence-electron chi connectivity index (χ4n) is 0.981. The Morgan fingerprint density at radius 3 is 2.62 bits per heavy atom. The average Bonchev–Trinajstić information content (AvgIpc) is 2.49. The molecule has 2 heterocycles. The summed E-state index contributed by atoms with van der Waals surface area (Å²) in [4.78, 5) is 5.44. The molecule has 0 N–H and O–H groups in total. The Morgan fingerprint density at radius 1 is 1.23 bits per heavy atom. The van der Waals surface area contributed by atoms with Gasteiger partial charge in [-0.1, -0.05) is 6.07 Å². The van der Waals surface area contributed by atoms with E-state index in [1.54, 1.807) is 17.5 Å². The van der Waals surface area contributed by atoms with Crippen LogP contribution in [-0.4, -0.2) is 4.98 Å². The Kier molecular flexibility index (Phi) is 2.81. The molecule has 0 atom stereocenters. The summed E-state index contributed by atoms with van der Waals surface area (Å²) < 4.78 is 2.19. The highest BCUT2D eigenvalue weighted by molar-refractivity contribution is 9.13. The second-order valence-corrected chi connectivity index (χ2v) is 5.67. The summed E-state index contributed by atoms with van der Waals surface area (Å²) in [5.74, 6) is 0. The van der Waals surface area contributed by atoms with E-state index in [0.29, 0.717) is 0 Å². The van der Waals surface area contributed by atoms with Crippen LogP contribution in [-0.2, 0) is 0 Å². The molecular weight excluding hydrogens is 314 g/mol. The van der Waals surface area contributed by atoms with Crippen LogP contribution in [0.25, 0.3) is 10.6 Å². The van der Waals surface area contributed by atoms with Gasteiger partial charge in [0.2, 0.25) is 0 Å². The molecule has 66 valence electrons. The fourth-order valence-corrected chi connectivity index (χ4v) is 2.99. The Morgan fingerprint density at radius 2 is 2.08 bits per heavy atom. The first-order valence-electron chi connectivity index (χ1n) is 3.63. The van der Waals surface area contributed by atoms with E-state index in [1.807, 2.05) is 18.2 Å². The molecule has 0 fully saturated rings. The van der Waals surface area contributed by atoms with Crippen molar-refractivity contribution in [2.24, 2.45) is 0 Å². The number of hydrogen-bond donors (Lipinski definition) is 0. The van der Waals surface area contributed by atoms with Crippen molar-refractivity contribution in [2.45, 2.75) is 0 Å². The minimum absolute atomic E-state index is 1.01. The zero-order valence-electron chi connectivity index (χ0n) is 6.50. The molecule has 0 aliphatic heterocycles. The maximum absolute atomic E-state index is 4.27. The fraction of sp³-hybridized carbons (Fsp3) is 0. The SMILES string of the molecule is Brc1cc(-c2ccccn2)sc1Br. The minimum Gasteiger partial charge on any atom is -0.255 e. The number of halogens is 2. The molecule has 0 amide bonds. The summed E-state index contributed by atoms with van der Waals surface area (Å²) in [7, 11) is 0. The van der Waals surface area contributed by atoms with Gasteiger partial charge >= 0.3 is 0 Å². The van der Waals surface area contributed by atoms with E-state index in [2.05, 4.69) is 42.9 Å². The third-order valence-corrected chi connectivity index (χ3v) is 4.84. The van der Waals surface area contributed by atoms with Crippen LogP contribution < -0.4 is 0 Å². The van der Waals surface area contributed by atoms with E-state index in [-0.39, 0.29) is 0 Å². The molecule has 2 rings (SSSR count). The minimum atomic E-state index is 1.01. The largest absolute Gasteiger partial charge is 0.255 e. The van der Waals surface area contributed by atoms with Crippen LogP contribution in [0.3, 0.4) is 0 Å². The first-order valence-corrected chi connectivity index (χ1v) is 6.04. The predicted molar refractivity (Wildman–Crippen MR) is 63.0 cm³/mol. The zero-order chi connectivity index (χ0) is 9.26. The molecule has 2 aromatic heterocycles. The van der Waals surface area contributed by atoms with Crippen LogP contribution in [0.4, 0.5) is 0 Å². The van der Waals surface area contributed by atoms with Gasteiger partial charge in [-0.25, -0.2) is 0 Å². The van der Waals surface area contributed by atoms with E-state index < -0.39 is 0 Å². The average molecular weight is 319 g/mol. The van der Waals surface area contributed by atoms with Crippen LogP contribution in [0.5, 0.6) is 0 Å². The monoisotopic (exact) mass is 317 g/mol. The second-order valence-electron chi connectivity index (χ2n) is 2.45. The standard InChI is InChI=1S/C9H5Br2NS/c10-6-5-8(13-9(6)11)7-3-1-2-4-12-7/h1-5H. The van der Waals surface area contributed by atoms with Crippen molar-refractivity contribution >= 4 is 43.2 Å². The van der Waals surface area contributed by atoms with Gasteiger partial charge in [0.15, 0.2) is 0 Å². The molecule has 0 aliphatic carbocycles. The van der Waals surface area contributed by atoms with Crippen molar-refractivity contribution in [1.29, 1.82) is 0 Å². The summed E-state index contributed by atoms with van der Waals surface area (Å²) in [5, 5.41) is 0. The van der Waals surface area contributed by atoms with Crippen molar-refractivity contribution < 1.29 is 0 Å². The quantitative estimate of drug-likeness (QED) is 0.762. The highest BCUT2D eigenvalue weighted by atomic mass is 79.9. The molecule has 0 radical (unpaired) electrons. The number of thiophene rings is 1. The molecule has 2 aromatic rings. The first kappa shape index (κ1) is 9.37. The summed E-state index contributed by atoms with van der Waals surface area (Å²) >= 11 is 8.58. The van der Waals surface area contributed by atoms with Gasteiger partial charge in [0, 0.05) is 10.7 Å². The Labute approximate surface area is 97.1 Å². The molecule has 0 saturated heterocycles. The van der Waals surface area contributed by atoms with Crippen LogP contribution in [0.1, 0.15) is 0 Å². The summed E-state index contributed by atoms with van der Waals surface area (Å²) in [5.41, 5.74) is 1.01. The highest BCUT2D eigenvalue weighted by Crippen LogP contribution is 2.37. The van der Waals surface area contributed by atoms with Crippen LogP contribution in [0.2, 0.25) is 0 Å². The Bertz CT molecular complexity index is 391. The first-order chi connectivity index (χ1) is 6.27. The molecule has 0 bridgehead atoms. The van der Waals surface area contributed by atoms with Crippen molar-refractivity contribution in [3.8, 4) is 10.6 Å². The number of pyridine rings is 1. The maximum atomic E-state index is 4.27. The molecule has 0 aromatic carbocycles. The van der Waals surface area contributed by atoms with Gasteiger partial charge in [-0.15, -0.1) is 11.3 Å². The predicted octanol–water partition coefficient (Wildman–Crippen LogP) is 4.34. The highest BCUT2D eigenvalue weighted by Gasteiger charge is 2.06. The molecule has 13 heavy (non-hydrogen) atoms. The smallest absolute Gasteiger partial charge is 0.0847 e. The van der Waals surface area contributed by atoms with Gasteiger partial charge < -0.3 is 0 Å². The van der Waals surface area contributed by atoms with Gasteiger partial charge in [0.25, 0.3) is 0 Å². The van der Waals surface area contributed by atoms with Gasteiger partial charge in [-0.3, -0.25) is 4.98 Å². The van der Waals surface area contributed by atoms with Gasteiger partial charge in [0.1, 0.15) is 0 Å². The van der Waals surface area contributed by atoms with E-state index in [0.717, 1.165) is 14.0 Å². The molecule has 4 heteroatoms. The van der Waals surface area contributed by atoms with Crippen LogP contribution in [0.15, 0.2) is 38.7 Å². The number of aromatic nitrogens is 1. The lowest BCUT2D eigenvalue weighted by Crippen LogP contribution is -1.75. The topological polar surface area (TPSA) is 12.9 Å². The van der Waals surface area contributed by atoms with Crippen molar-refractivity contribution in [2.75, 3.05) is 0 Å². The van der Waals surface area contributed by atoms with Crippen LogP contribution in [0, 0.1) is 0 Å². The van der Waals surface area contributed by atoms with E-state index in [1.165, 1.54) is 4.88 Å². The zero-order valence-corrected chi connectivity index (χ0v) is 10.5. The Balaban J connectivity index is 2.48. The summed E-state index contributed by atoms with van der Waals surface area (Å²) in [6, 6.07) is 7.98. The van der Waals surface area contributed by atoms with Crippen molar-refractivity contribution in [1.82, 2.24) is 4.98 Å². The van der Waals surface area contributed by atoms with E-state index in [9.17, 15) is 0 Å². The normalized spacial score (nSPS) is 10.3. The third kappa shape index (κ3) is 2.00. The van der Waals surface area contributed by atoms with Crippen molar-refractivity contribution in [3.63, 3.8) is 0 Å².